The molecule has 0 aliphatic carbocycles. The second kappa shape index (κ2) is 9.50. The summed E-state index contributed by atoms with van der Waals surface area (Å²) in [5.74, 6) is 10.7. The highest BCUT2D eigenvalue weighted by Crippen LogP contribution is 2.12. The van der Waals surface area contributed by atoms with E-state index < -0.39 is 10.5 Å². The van der Waals surface area contributed by atoms with E-state index in [-0.39, 0.29) is 0 Å². The van der Waals surface area contributed by atoms with E-state index in [9.17, 15) is 9.59 Å². The Morgan fingerprint density at radius 2 is 1.79 bits per heavy atom. The van der Waals surface area contributed by atoms with Crippen molar-refractivity contribution in [1.29, 1.82) is 0 Å². The van der Waals surface area contributed by atoms with Crippen LogP contribution < -0.4 is 21.8 Å². The van der Waals surface area contributed by atoms with Crippen molar-refractivity contribution in [1.82, 2.24) is 10.4 Å². The molecule has 106 valence electrons. The first-order valence-corrected chi connectivity index (χ1v) is 5.87. The summed E-state index contributed by atoms with van der Waals surface area (Å²) in [6.07, 6.45) is 0. The average molecular weight is 304 g/mol. The maximum Gasteiger partial charge on any atom is 0.292 e. The minimum Gasteiger partial charge on any atom is -0.497 e. The third-order valence-electron chi connectivity index (χ3n) is 1.88. The minimum absolute atomic E-state index is 0.340. The Balaban J connectivity index is 0.000000555. The number of ether oxygens (including phenoxy) is 1. The van der Waals surface area contributed by atoms with Crippen molar-refractivity contribution < 1.29 is 14.3 Å². The summed E-state index contributed by atoms with van der Waals surface area (Å²) in [6.45, 7) is 0.340. The van der Waals surface area contributed by atoms with E-state index in [0.717, 1.165) is 16.3 Å². The number of methoxy groups -OCH3 is 1. The Labute approximate surface area is 122 Å². The van der Waals surface area contributed by atoms with E-state index in [4.69, 9.17) is 10.6 Å². The van der Waals surface area contributed by atoms with Gasteiger partial charge in [-0.1, -0.05) is 37.4 Å². The normalized spacial score (nSPS) is 8.89. The molecule has 0 unspecified atom stereocenters. The molecule has 1 rings (SSSR count). The molecule has 0 spiro atoms. The summed E-state index contributed by atoms with van der Waals surface area (Å²) < 4.78 is 4.99. The molecule has 0 fully saturated rings. The number of thiol groups is 2. The van der Waals surface area contributed by atoms with Gasteiger partial charge in [-0.25, -0.2) is 11.7 Å². The van der Waals surface area contributed by atoms with Gasteiger partial charge in [-0.2, -0.15) is 0 Å². The highest BCUT2D eigenvalue weighted by Gasteiger charge is 2.04. The van der Waals surface area contributed by atoms with Crippen LogP contribution in [0.1, 0.15) is 5.56 Å². The number of nitrogens with one attached hydrogen (secondary N) is 1. The van der Waals surface area contributed by atoms with Gasteiger partial charge in [0.15, 0.2) is 0 Å². The molecule has 7 nitrogen and oxygen atoms in total. The first-order valence-electron chi connectivity index (χ1n) is 4.98. The SMILES string of the molecule is COc1ccc(CN(N)C(=O)S)cc1.NNC(=O)S. The maximum absolute atomic E-state index is 10.7. The standard InChI is InChI=1S/C9H12N2O2S.CH4N2OS/c1-13-8-4-2-7(3-5-8)6-11(10)9(12)14;2-3-1(4)5/h2-5H,6,10H2,1H3,(H,12,14);2H2,(H2,3,4,5). The van der Waals surface area contributed by atoms with E-state index >= 15 is 0 Å². The third-order valence-corrected chi connectivity index (χ3v) is 2.27. The van der Waals surface area contributed by atoms with Crippen LogP contribution in [0.4, 0.5) is 9.59 Å². The van der Waals surface area contributed by atoms with Crippen molar-refractivity contribution >= 4 is 35.7 Å². The van der Waals surface area contributed by atoms with E-state index in [1.54, 1.807) is 12.5 Å². The van der Waals surface area contributed by atoms with Crippen molar-refractivity contribution in [2.45, 2.75) is 6.54 Å². The quantitative estimate of drug-likeness (QED) is 0.247. The van der Waals surface area contributed by atoms with E-state index in [2.05, 4.69) is 31.1 Å². The molecule has 9 heteroatoms. The molecule has 0 saturated carbocycles. The number of amides is 2. The zero-order valence-corrected chi connectivity index (χ0v) is 12.0. The van der Waals surface area contributed by atoms with Crippen molar-refractivity contribution in [2.75, 3.05) is 7.11 Å². The summed E-state index contributed by atoms with van der Waals surface area (Å²) >= 11 is 6.82. The number of carbonyl (C=O) groups excluding carboxylic acids is 2. The molecule has 5 N–H and O–H groups in total. The Morgan fingerprint density at radius 3 is 2.11 bits per heavy atom. The van der Waals surface area contributed by atoms with Crippen LogP contribution in [0.3, 0.4) is 0 Å². The molecule has 19 heavy (non-hydrogen) atoms. The zero-order valence-electron chi connectivity index (χ0n) is 10.2. The van der Waals surface area contributed by atoms with E-state index in [0.29, 0.717) is 6.54 Å². The molecule has 1 aromatic carbocycles. The summed E-state index contributed by atoms with van der Waals surface area (Å²) in [5, 5.41) is 0.0519. The molecule has 0 bridgehead atoms. The molecular formula is C10H16N4O3S2. The molecule has 0 heterocycles. The van der Waals surface area contributed by atoms with Crippen LogP contribution in [-0.4, -0.2) is 22.6 Å². The van der Waals surface area contributed by atoms with Crippen molar-refractivity contribution in [3.63, 3.8) is 0 Å². The number of benzene rings is 1. The average Bonchev–Trinajstić information content (AvgIpc) is 2.40. The van der Waals surface area contributed by atoms with Gasteiger partial charge in [0.05, 0.1) is 13.7 Å². The van der Waals surface area contributed by atoms with Gasteiger partial charge in [-0.3, -0.25) is 20.0 Å². The summed E-state index contributed by atoms with van der Waals surface area (Å²) in [7, 11) is 1.60. The first kappa shape index (κ1) is 17.6. The van der Waals surface area contributed by atoms with Crippen LogP contribution in [0.25, 0.3) is 0 Å². The van der Waals surface area contributed by atoms with Crippen LogP contribution in [-0.2, 0) is 6.54 Å². The molecule has 0 saturated heterocycles. The molecule has 0 radical (unpaired) electrons. The number of nitrogens with two attached hydrogens (primary N) is 2. The Kier molecular flexibility index (Phi) is 8.79. The van der Waals surface area contributed by atoms with Gasteiger partial charge in [0.25, 0.3) is 10.5 Å². The van der Waals surface area contributed by atoms with Gasteiger partial charge < -0.3 is 4.74 Å². The van der Waals surface area contributed by atoms with Crippen LogP contribution >= 0.6 is 25.3 Å². The molecule has 0 aliphatic heterocycles. The predicted octanol–water partition coefficient (Wildman–Crippen LogP) is 0.920. The number of hydrogen-bond donors (Lipinski definition) is 5. The molecule has 0 atom stereocenters. The molecule has 0 aliphatic rings. The lowest BCUT2D eigenvalue weighted by Crippen LogP contribution is -2.32. The van der Waals surface area contributed by atoms with E-state index in [1.807, 2.05) is 24.3 Å². The largest absolute Gasteiger partial charge is 0.497 e. The molecule has 1 aromatic rings. The van der Waals surface area contributed by atoms with Gasteiger partial charge in [0.1, 0.15) is 5.75 Å². The number of hydrogen-bond acceptors (Lipinski definition) is 5. The minimum atomic E-state index is -0.523. The zero-order chi connectivity index (χ0) is 14.8. The highest BCUT2D eigenvalue weighted by molar-refractivity contribution is 7.96. The van der Waals surface area contributed by atoms with Gasteiger partial charge in [0, 0.05) is 0 Å². The third kappa shape index (κ3) is 8.32. The van der Waals surface area contributed by atoms with Gasteiger partial charge in [0.2, 0.25) is 0 Å². The second-order valence-electron chi connectivity index (χ2n) is 3.21. The summed E-state index contributed by atoms with van der Waals surface area (Å²) in [6, 6.07) is 7.31. The topological polar surface area (TPSA) is 111 Å². The fourth-order valence-electron chi connectivity index (χ4n) is 0.995. The first-order chi connectivity index (χ1) is 8.90. The van der Waals surface area contributed by atoms with Crippen molar-refractivity contribution in [3.8, 4) is 5.75 Å². The lowest BCUT2D eigenvalue weighted by molar-refractivity contribution is 0.222. The monoisotopic (exact) mass is 304 g/mol. The Morgan fingerprint density at radius 1 is 1.32 bits per heavy atom. The van der Waals surface area contributed by atoms with E-state index in [1.165, 1.54) is 0 Å². The second-order valence-corrected chi connectivity index (χ2v) is 4.00. The van der Waals surface area contributed by atoms with Gasteiger partial charge in [-0.05, 0) is 17.7 Å². The Bertz CT molecular complexity index is 414. The predicted molar refractivity (Wildman–Crippen MR) is 78.8 cm³/mol. The van der Waals surface area contributed by atoms with Crippen LogP contribution in [0.2, 0.25) is 0 Å². The number of hydrazine groups is 2. The molecule has 0 aromatic heterocycles. The Hall–Kier alpha value is -1.42. The fraction of sp³-hybridized carbons (Fsp3) is 0.200. The summed E-state index contributed by atoms with van der Waals surface area (Å²) in [5.41, 5.74) is 2.68. The van der Waals surface area contributed by atoms with Crippen molar-refractivity contribution in [2.24, 2.45) is 11.7 Å². The lowest BCUT2D eigenvalue weighted by atomic mass is 10.2. The summed E-state index contributed by atoms with van der Waals surface area (Å²) in [4.78, 5) is 20.2. The van der Waals surface area contributed by atoms with Crippen LogP contribution in [0.15, 0.2) is 24.3 Å². The van der Waals surface area contributed by atoms with Gasteiger partial charge >= 0.3 is 0 Å². The van der Waals surface area contributed by atoms with Crippen LogP contribution in [0.5, 0.6) is 5.75 Å². The number of carbonyl (C=O) groups is 2. The highest BCUT2D eigenvalue weighted by atomic mass is 32.1. The number of nitrogens with zero attached hydrogens (tertiary/aromatic N) is 1. The fourth-order valence-corrected chi connectivity index (χ4v) is 1.07. The van der Waals surface area contributed by atoms with Crippen LogP contribution in [0, 0.1) is 0 Å². The lowest BCUT2D eigenvalue weighted by Gasteiger charge is -2.13. The molecular weight excluding hydrogens is 288 g/mol. The maximum atomic E-state index is 10.7. The van der Waals surface area contributed by atoms with Crippen molar-refractivity contribution in [3.05, 3.63) is 29.8 Å². The van der Waals surface area contributed by atoms with Gasteiger partial charge in [-0.15, -0.1) is 0 Å². The number of rotatable bonds is 3. The smallest absolute Gasteiger partial charge is 0.292 e. The molecule has 2 amide bonds.